The molecule has 0 radical (unpaired) electrons. The van der Waals surface area contributed by atoms with Gasteiger partial charge in [0.15, 0.2) is 0 Å². The highest BCUT2D eigenvalue weighted by molar-refractivity contribution is 5.79. The summed E-state index contributed by atoms with van der Waals surface area (Å²) in [5.41, 5.74) is 5.47. The van der Waals surface area contributed by atoms with Crippen LogP contribution in [-0.2, 0) is 4.79 Å². The van der Waals surface area contributed by atoms with Crippen molar-refractivity contribution in [3.05, 3.63) is 0 Å². The number of nitrogens with two attached hydrogens (primary N) is 1. The lowest BCUT2D eigenvalue weighted by atomic mass is 10.0. The third kappa shape index (κ3) is 4.75. The fourth-order valence-corrected chi connectivity index (χ4v) is 2.86. The maximum atomic E-state index is 11.4. The highest BCUT2D eigenvalue weighted by Crippen LogP contribution is 2.20. The van der Waals surface area contributed by atoms with E-state index in [1.807, 2.05) is 0 Å². The Balaban J connectivity index is 1.73. The van der Waals surface area contributed by atoms with Crippen molar-refractivity contribution < 1.29 is 4.79 Å². The predicted molar refractivity (Wildman–Crippen MR) is 76.9 cm³/mol. The van der Waals surface area contributed by atoms with Gasteiger partial charge in [0.25, 0.3) is 0 Å². The van der Waals surface area contributed by atoms with Crippen LogP contribution < -0.4 is 11.1 Å². The average molecular weight is 268 g/mol. The maximum absolute atomic E-state index is 11.4. The van der Waals surface area contributed by atoms with Crippen molar-refractivity contribution in [2.75, 3.05) is 33.7 Å². The number of carbonyl (C=O) groups is 1. The van der Waals surface area contributed by atoms with Gasteiger partial charge in [0, 0.05) is 25.2 Å². The monoisotopic (exact) mass is 268 g/mol. The minimum atomic E-state index is -0.207. The van der Waals surface area contributed by atoms with Gasteiger partial charge in [-0.2, -0.15) is 0 Å². The van der Waals surface area contributed by atoms with E-state index < -0.39 is 0 Å². The third-order valence-electron chi connectivity index (χ3n) is 4.35. The summed E-state index contributed by atoms with van der Waals surface area (Å²) in [6.07, 6.45) is 5.73. The molecule has 2 atom stereocenters. The Morgan fingerprint density at radius 3 is 2.79 bits per heavy atom. The van der Waals surface area contributed by atoms with E-state index >= 15 is 0 Å². The van der Waals surface area contributed by atoms with Crippen LogP contribution in [0.2, 0.25) is 0 Å². The van der Waals surface area contributed by atoms with Crippen molar-refractivity contribution in [1.29, 1.82) is 0 Å². The summed E-state index contributed by atoms with van der Waals surface area (Å²) in [7, 11) is 4.35. The van der Waals surface area contributed by atoms with Crippen molar-refractivity contribution >= 4 is 5.91 Å². The molecule has 0 spiro atoms. The summed E-state index contributed by atoms with van der Waals surface area (Å²) in [5.74, 6) is -0.207. The standard InChI is InChI=1S/C14H28N4O/c1-17-8-3-4-12(10-17)18(2)9-7-13(14(15)19)16-11-5-6-11/h11-13,16H,3-10H2,1-2H3,(H2,15,19). The fraction of sp³-hybridized carbons (Fsp3) is 0.929. The molecule has 2 aliphatic rings. The van der Waals surface area contributed by atoms with Crippen LogP contribution >= 0.6 is 0 Å². The Hall–Kier alpha value is -0.650. The number of nitrogens with zero attached hydrogens (tertiary/aromatic N) is 2. The van der Waals surface area contributed by atoms with Crippen molar-refractivity contribution in [2.45, 2.75) is 50.2 Å². The van der Waals surface area contributed by atoms with E-state index in [1.54, 1.807) is 0 Å². The van der Waals surface area contributed by atoms with Gasteiger partial charge in [-0.1, -0.05) is 0 Å². The van der Waals surface area contributed by atoms with Crippen LogP contribution in [0.1, 0.15) is 32.1 Å². The summed E-state index contributed by atoms with van der Waals surface area (Å²) >= 11 is 0. The summed E-state index contributed by atoms with van der Waals surface area (Å²) in [6, 6.07) is 0.994. The zero-order valence-electron chi connectivity index (χ0n) is 12.3. The van der Waals surface area contributed by atoms with E-state index in [-0.39, 0.29) is 11.9 Å². The molecule has 1 amide bonds. The van der Waals surface area contributed by atoms with Crippen molar-refractivity contribution in [3.63, 3.8) is 0 Å². The molecular formula is C14H28N4O. The highest BCUT2D eigenvalue weighted by Gasteiger charge is 2.28. The summed E-state index contributed by atoms with van der Waals surface area (Å²) < 4.78 is 0. The van der Waals surface area contributed by atoms with Crippen LogP contribution in [0.15, 0.2) is 0 Å². The molecule has 1 saturated carbocycles. The van der Waals surface area contributed by atoms with Crippen LogP contribution in [0, 0.1) is 0 Å². The van der Waals surface area contributed by atoms with E-state index in [1.165, 1.54) is 32.2 Å². The lowest BCUT2D eigenvalue weighted by Gasteiger charge is -2.36. The second-order valence-corrected chi connectivity index (χ2v) is 6.22. The second-order valence-electron chi connectivity index (χ2n) is 6.22. The predicted octanol–water partition coefficient (Wildman–Crippen LogP) is 0.00840. The number of piperidine rings is 1. The molecule has 2 unspecified atom stereocenters. The first-order chi connectivity index (χ1) is 9.06. The fourth-order valence-electron chi connectivity index (χ4n) is 2.86. The Morgan fingerprint density at radius 1 is 1.47 bits per heavy atom. The van der Waals surface area contributed by atoms with Crippen molar-refractivity contribution in [1.82, 2.24) is 15.1 Å². The summed E-state index contributed by atoms with van der Waals surface area (Å²) in [6.45, 7) is 3.27. The molecule has 5 heteroatoms. The van der Waals surface area contributed by atoms with Crippen LogP contribution in [0.5, 0.6) is 0 Å². The van der Waals surface area contributed by atoms with E-state index in [2.05, 4.69) is 29.2 Å². The molecule has 3 N–H and O–H groups in total. The van der Waals surface area contributed by atoms with E-state index in [9.17, 15) is 4.79 Å². The average Bonchev–Trinajstić information content (AvgIpc) is 3.17. The number of primary amides is 1. The first-order valence-corrected chi connectivity index (χ1v) is 7.50. The smallest absolute Gasteiger partial charge is 0.234 e. The number of hydrogen-bond acceptors (Lipinski definition) is 4. The van der Waals surface area contributed by atoms with Crippen LogP contribution in [0.3, 0.4) is 0 Å². The number of likely N-dealkylation sites (tertiary alicyclic amines) is 1. The van der Waals surface area contributed by atoms with Gasteiger partial charge in [0.1, 0.15) is 0 Å². The van der Waals surface area contributed by atoms with Crippen molar-refractivity contribution in [3.8, 4) is 0 Å². The molecule has 5 nitrogen and oxygen atoms in total. The van der Waals surface area contributed by atoms with Gasteiger partial charge in [-0.3, -0.25) is 4.79 Å². The Bertz CT molecular complexity index is 306. The van der Waals surface area contributed by atoms with Gasteiger partial charge in [-0.15, -0.1) is 0 Å². The zero-order valence-corrected chi connectivity index (χ0v) is 12.3. The SMILES string of the molecule is CN1CCCC(N(C)CCC(NC2CC2)C(N)=O)C1. The number of likely N-dealkylation sites (N-methyl/N-ethyl adjacent to an activating group) is 2. The molecule has 0 aromatic heterocycles. The van der Waals surface area contributed by atoms with Gasteiger partial charge in [0.05, 0.1) is 6.04 Å². The molecule has 0 bridgehead atoms. The summed E-state index contributed by atoms with van der Waals surface area (Å²) in [4.78, 5) is 16.2. The van der Waals surface area contributed by atoms with Gasteiger partial charge in [-0.25, -0.2) is 0 Å². The molecule has 19 heavy (non-hydrogen) atoms. The zero-order chi connectivity index (χ0) is 13.8. The maximum Gasteiger partial charge on any atom is 0.234 e. The Labute approximate surface area is 116 Å². The molecule has 2 fully saturated rings. The quantitative estimate of drug-likeness (QED) is 0.683. The molecular weight excluding hydrogens is 240 g/mol. The molecule has 2 rings (SSSR count). The number of carbonyl (C=O) groups excluding carboxylic acids is 1. The van der Waals surface area contributed by atoms with Gasteiger partial charge in [0.2, 0.25) is 5.91 Å². The van der Waals surface area contributed by atoms with Crippen LogP contribution in [0.4, 0.5) is 0 Å². The topological polar surface area (TPSA) is 61.6 Å². The van der Waals surface area contributed by atoms with E-state index in [0.717, 1.165) is 19.5 Å². The normalized spacial score (nSPS) is 26.6. The molecule has 1 heterocycles. The van der Waals surface area contributed by atoms with E-state index in [0.29, 0.717) is 12.1 Å². The number of hydrogen-bond donors (Lipinski definition) is 2. The first-order valence-electron chi connectivity index (χ1n) is 7.50. The largest absolute Gasteiger partial charge is 0.368 e. The second kappa shape index (κ2) is 6.68. The van der Waals surface area contributed by atoms with Crippen LogP contribution in [0.25, 0.3) is 0 Å². The van der Waals surface area contributed by atoms with Gasteiger partial charge >= 0.3 is 0 Å². The Morgan fingerprint density at radius 2 is 2.21 bits per heavy atom. The lowest BCUT2D eigenvalue weighted by molar-refractivity contribution is -0.120. The Kier molecular flexibility index (Phi) is 5.19. The number of nitrogens with one attached hydrogen (secondary N) is 1. The molecule has 110 valence electrons. The minimum Gasteiger partial charge on any atom is -0.368 e. The van der Waals surface area contributed by atoms with Crippen molar-refractivity contribution in [2.24, 2.45) is 5.73 Å². The molecule has 1 aliphatic carbocycles. The third-order valence-corrected chi connectivity index (χ3v) is 4.35. The molecule has 1 aliphatic heterocycles. The van der Waals surface area contributed by atoms with Gasteiger partial charge in [-0.05, 0) is 52.7 Å². The highest BCUT2D eigenvalue weighted by atomic mass is 16.1. The summed E-state index contributed by atoms with van der Waals surface area (Å²) in [5, 5.41) is 3.35. The van der Waals surface area contributed by atoms with Gasteiger partial charge < -0.3 is 20.9 Å². The number of amides is 1. The lowest BCUT2D eigenvalue weighted by Crippen LogP contribution is -2.48. The number of rotatable bonds is 7. The first kappa shape index (κ1) is 14.8. The molecule has 0 aromatic rings. The van der Waals surface area contributed by atoms with E-state index in [4.69, 9.17) is 5.73 Å². The van der Waals surface area contributed by atoms with Crippen LogP contribution in [-0.4, -0.2) is 67.6 Å². The molecule has 0 aromatic carbocycles. The molecule has 1 saturated heterocycles. The minimum absolute atomic E-state index is 0.156.